The van der Waals surface area contributed by atoms with Crippen LogP contribution < -0.4 is 10.5 Å². The smallest absolute Gasteiger partial charge is 0.311 e. The van der Waals surface area contributed by atoms with Gasteiger partial charge in [0.25, 0.3) is 0 Å². The van der Waals surface area contributed by atoms with Gasteiger partial charge >= 0.3 is 5.69 Å². The Morgan fingerprint density at radius 1 is 1.53 bits per heavy atom. The van der Waals surface area contributed by atoms with Crippen LogP contribution in [0.15, 0.2) is 23.6 Å². The first-order chi connectivity index (χ1) is 9.10. The van der Waals surface area contributed by atoms with Gasteiger partial charge in [-0.25, -0.2) is 4.98 Å². The quantitative estimate of drug-likeness (QED) is 0.671. The third-order valence-electron chi connectivity index (χ3n) is 2.57. The Morgan fingerprint density at radius 3 is 2.89 bits per heavy atom. The Morgan fingerprint density at radius 2 is 2.32 bits per heavy atom. The fraction of sp³-hybridized carbons (Fsp3) is 0.250. The minimum Gasteiger partial charge on any atom is -0.480 e. The third kappa shape index (κ3) is 3.19. The summed E-state index contributed by atoms with van der Waals surface area (Å²) < 4.78 is 5.44. The van der Waals surface area contributed by atoms with E-state index < -0.39 is 4.92 Å². The Balaban J connectivity index is 2.17. The molecule has 1 aromatic carbocycles. The number of hydrogen-bond acceptors (Lipinski definition) is 6. The van der Waals surface area contributed by atoms with E-state index in [-0.39, 0.29) is 18.0 Å². The fourth-order valence-corrected chi connectivity index (χ4v) is 2.14. The molecule has 0 aliphatic rings. The van der Waals surface area contributed by atoms with Crippen molar-refractivity contribution >= 4 is 22.2 Å². The number of nitrogens with zero attached hydrogens (tertiary/aromatic N) is 2. The summed E-state index contributed by atoms with van der Waals surface area (Å²) in [7, 11) is 0. The molecule has 100 valence electrons. The number of thiazole rings is 1. The van der Waals surface area contributed by atoms with E-state index in [0.29, 0.717) is 10.8 Å². The number of ether oxygens (including phenoxy) is 1. The number of nitrogen functional groups attached to an aromatic ring is 1. The lowest BCUT2D eigenvalue weighted by Gasteiger charge is -2.06. The second-order valence-electron chi connectivity index (χ2n) is 3.88. The van der Waals surface area contributed by atoms with Crippen LogP contribution in [0.2, 0.25) is 0 Å². The zero-order chi connectivity index (χ0) is 13.8. The summed E-state index contributed by atoms with van der Waals surface area (Å²) in [5.74, 6) is 0.244. The van der Waals surface area contributed by atoms with Crippen LogP contribution in [0.1, 0.15) is 18.2 Å². The summed E-state index contributed by atoms with van der Waals surface area (Å²) in [6.45, 7) is 2.11. The van der Waals surface area contributed by atoms with Gasteiger partial charge in [-0.15, -0.1) is 11.3 Å². The van der Waals surface area contributed by atoms with Crippen LogP contribution in [0.25, 0.3) is 0 Å². The second kappa shape index (κ2) is 5.66. The molecule has 0 unspecified atom stereocenters. The molecule has 2 aromatic rings. The molecular formula is C12H13N3O3S. The summed E-state index contributed by atoms with van der Waals surface area (Å²) in [6, 6.07) is 4.97. The first-order valence-electron chi connectivity index (χ1n) is 5.70. The molecule has 0 saturated carbocycles. The van der Waals surface area contributed by atoms with Gasteiger partial charge < -0.3 is 10.5 Å². The Kier molecular flexibility index (Phi) is 3.96. The third-order valence-corrected chi connectivity index (χ3v) is 3.30. The number of hydrogen-bond donors (Lipinski definition) is 1. The van der Waals surface area contributed by atoms with Crippen LogP contribution in [0, 0.1) is 10.1 Å². The van der Waals surface area contributed by atoms with Crippen LogP contribution >= 0.6 is 11.3 Å². The molecule has 0 bridgehead atoms. The molecular weight excluding hydrogens is 266 g/mol. The van der Waals surface area contributed by atoms with Gasteiger partial charge in [0.1, 0.15) is 6.61 Å². The van der Waals surface area contributed by atoms with Crippen LogP contribution in [-0.4, -0.2) is 9.91 Å². The molecule has 0 aliphatic carbocycles. The van der Waals surface area contributed by atoms with Gasteiger partial charge in [0.2, 0.25) is 0 Å². The number of anilines is 1. The number of rotatable bonds is 5. The predicted octanol–water partition coefficient (Wildman–Crippen LogP) is 2.77. The molecule has 0 fully saturated rings. The molecule has 0 atom stereocenters. The molecule has 0 spiro atoms. The molecule has 6 nitrogen and oxygen atoms in total. The highest BCUT2D eigenvalue weighted by Gasteiger charge is 2.16. The minimum absolute atomic E-state index is 0.0254. The largest absolute Gasteiger partial charge is 0.480 e. The van der Waals surface area contributed by atoms with Gasteiger partial charge in [0.05, 0.1) is 10.6 Å². The zero-order valence-electron chi connectivity index (χ0n) is 10.3. The van der Waals surface area contributed by atoms with Crippen molar-refractivity contribution in [1.82, 2.24) is 4.98 Å². The summed E-state index contributed by atoms with van der Waals surface area (Å²) in [5, 5.41) is 13.2. The van der Waals surface area contributed by atoms with Crippen molar-refractivity contribution in [2.45, 2.75) is 20.0 Å². The standard InChI is InChI=1S/C12H13N3O3S/c1-2-8-3-4-11(10(5-8)15(16)17)18-6-9-7-19-12(13)14-9/h3-5,7H,2,6H2,1H3,(H2,13,14). The Bertz CT molecular complexity index is 598. The molecule has 1 heterocycles. The summed E-state index contributed by atoms with van der Waals surface area (Å²) >= 11 is 1.31. The normalized spacial score (nSPS) is 10.4. The van der Waals surface area contributed by atoms with Gasteiger partial charge in [-0.2, -0.15) is 0 Å². The van der Waals surface area contributed by atoms with Crippen molar-refractivity contribution in [2.75, 3.05) is 5.73 Å². The average Bonchev–Trinajstić information content (AvgIpc) is 2.82. The Hall–Kier alpha value is -2.15. The Labute approximate surface area is 114 Å². The lowest BCUT2D eigenvalue weighted by molar-refractivity contribution is -0.386. The van der Waals surface area contributed by atoms with E-state index in [1.54, 1.807) is 11.4 Å². The average molecular weight is 279 g/mol. The molecule has 0 amide bonds. The number of nitro benzene ring substituents is 1. The maximum atomic E-state index is 11.0. The van der Waals surface area contributed by atoms with E-state index in [0.717, 1.165) is 12.0 Å². The van der Waals surface area contributed by atoms with Crippen LogP contribution in [0.4, 0.5) is 10.8 Å². The number of aromatic nitrogens is 1. The first kappa shape index (κ1) is 13.3. The SMILES string of the molecule is CCc1ccc(OCc2csc(N)n2)c([N+](=O)[O-])c1. The molecule has 1 aromatic heterocycles. The minimum atomic E-state index is -0.441. The van der Waals surface area contributed by atoms with Gasteiger partial charge in [0, 0.05) is 11.4 Å². The first-order valence-corrected chi connectivity index (χ1v) is 6.58. The molecule has 2 N–H and O–H groups in total. The van der Waals surface area contributed by atoms with Crippen molar-refractivity contribution < 1.29 is 9.66 Å². The highest BCUT2D eigenvalue weighted by Crippen LogP contribution is 2.29. The van der Waals surface area contributed by atoms with Crippen molar-refractivity contribution in [1.29, 1.82) is 0 Å². The topological polar surface area (TPSA) is 91.3 Å². The van der Waals surface area contributed by atoms with Gasteiger partial charge in [-0.05, 0) is 18.1 Å². The molecule has 0 aliphatic heterocycles. The van der Waals surface area contributed by atoms with Crippen LogP contribution in [0.5, 0.6) is 5.75 Å². The van der Waals surface area contributed by atoms with Crippen LogP contribution in [-0.2, 0) is 13.0 Å². The maximum Gasteiger partial charge on any atom is 0.311 e. The van der Waals surface area contributed by atoms with Crippen molar-refractivity contribution in [3.05, 3.63) is 45.0 Å². The van der Waals surface area contributed by atoms with Gasteiger partial charge in [-0.1, -0.05) is 13.0 Å². The highest BCUT2D eigenvalue weighted by molar-refractivity contribution is 7.13. The maximum absolute atomic E-state index is 11.0. The second-order valence-corrected chi connectivity index (χ2v) is 4.77. The van der Waals surface area contributed by atoms with Gasteiger partial charge in [-0.3, -0.25) is 10.1 Å². The molecule has 7 heteroatoms. The number of aryl methyl sites for hydroxylation is 1. The van der Waals surface area contributed by atoms with E-state index >= 15 is 0 Å². The van der Waals surface area contributed by atoms with E-state index in [4.69, 9.17) is 10.5 Å². The fourth-order valence-electron chi connectivity index (χ4n) is 1.59. The number of nitrogens with two attached hydrogens (primary N) is 1. The molecule has 19 heavy (non-hydrogen) atoms. The van der Waals surface area contributed by atoms with Crippen molar-refractivity contribution in [3.63, 3.8) is 0 Å². The number of nitro groups is 1. The van der Waals surface area contributed by atoms with Gasteiger partial charge in [0.15, 0.2) is 10.9 Å². The van der Waals surface area contributed by atoms with E-state index in [9.17, 15) is 10.1 Å². The summed E-state index contributed by atoms with van der Waals surface area (Å²) in [5.41, 5.74) is 7.05. The highest BCUT2D eigenvalue weighted by atomic mass is 32.1. The lowest BCUT2D eigenvalue weighted by atomic mass is 10.1. The number of benzene rings is 1. The molecule has 0 saturated heterocycles. The molecule has 2 rings (SSSR count). The zero-order valence-corrected chi connectivity index (χ0v) is 11.1. The summed E-state index contributed by atoms with van der Waals surface area (Å²) in [4.78, 5) is 14.6. The molecule has 0 radical (unpaired) electrons. The van der Waals surface area contributed by atoms with Crippen LogP contribution in [0.3, 0.4) is 0 Å². The monoisotopic (exact) mass is 279 g/mol. The summed E-state index contributed by atoms with van der Waals surface area (Å²) in [6.07, 6.45) is 0.740. The lowest BCUT2D eigenvalue weighted by Crippen LogP contribution is -2.00. The van der Waals surface area contributed by atoms with Crippen molar-refractivity contribution in [3.8, 4) is 5.75 Å². The van der Waals surface area contributed by atoms with E-state index in [1.807, 2.05) is 13.0 Å². The van der Waals surface area contributed by atoms with E-state index in [2.05, 4.69) is 4.98 Å². The predicted molar refractivity (Wildman–Crippen MR) is 73.3 cm³/mol. The van der Waals surface area contributed by atoms with Crippen molar-refractivity contribution in [2.24, 2.45) is 0 Å². The van der Waals surface area contributed by atoms with E-state index in [1.165, 1.54) is 17.4 Å².